The quantitative estimate of drug-likeness (QED) is 0.565. The van der Waals surface area contributed by atoms with E-state index in [0.717, 1.165) is 15.6 Å². The zero-order valence-electron chi connectivity index (χ0n) is 17.5. The van der Waals surface area contributed by atoms with E-state index in [1.165, 1.54) is 33.3 Å². The fourth-order valence-corrected chi connectivity index (χ4v) is 3.85. The minimum Gasteiger partial charge on any atom is -0.497 e. The number of hydrogen-bond acceptors (Lipinski definition) is 8. The zero-order valence-corrected chi connectivity index (χ0v) is 18.4. The monoisotopic (exact) mass is 442 g/mol. The highest BCUT2D eigenvalue weighted by Crippen LogP contribution is 2.33. The summed E-state index contributed by atoms with van der Waals surface area (Å²) in [6, 6.07) is 14.0. The average Bonchev–Trinajstić information content (AvgIpc) is 3.20. The average molecular weight is 442 g/mol. The molecule has 10 heteroatoms. The lowest BCUT2D eigenvalue weighted by atomic mass is 10.2. The molecule has 3 aromatic rings. The Kier molecular flexibility index (Phi) is 6.48. The lowest BCUT2D eigenvalue weighted by Crippen LogP contribution is -2.22. The van der Waals surface area contributed by atoms with Gasteiger partial charge in [0.25, 0.3) is 0 Å². The van der Waals surface area contributed by atoms with Gasteiger partial charge >= 0.3 is 0 Å². The van der Waals surface area contributed by atoms with E-state index in [0.29, 0.717) is 12.1 Å². The normalized spacial score (nSPS) is 11.2. The Labute approximate surface area is 180 Å². The maximum absolute atomic E-state index is 12.6. The van der Waals surface area contributed by atoms with Crippen LogP contribution in [0.3, 0.4) is 0 Å². The summed E-state index contributed by atoms with van der Waals surface area (Å²) >= 11 is 0. The number of hydrogen-bond donors (Lipinski definition) is 1. The molecule has 0 atom stereocenters. The van der Waals surface area contributed by atoms with Gasteiger partial charge in [-0.2, -0.15) is 10.2 Å². The van der Waals surface area contributed by atoms with Crippen LogP contribution in [0.4, 0.5) is 5.88 Å². The van der Waals surface area contributed by atoms with E-state index in [4.69, 9.17) is 13.9 Å². The van der Waals surface area contributed by atoms with Crippen LogP contribution in [-0.2, 0) is 16.6 Å². The van der Waals surface area contributed by atoms with Crippen molar-refractivity contribution in [3.8, 4) is 29.0 Å². The Hall–Kier alpha value is -3.55. The number of oxazole rings is 1. The highest BCUT2D eigenvalue weighted by Gasteiger charge is 2.24. The van der Waals surface area contributed by atoms with E-state index < -0.39 is 10.0 Å². The number of rotatable bonds is 8. The SMILES string of the molecule is COc1ccc(CNc2oc(-c3ccc(OC)c(S(=O)(=O)N(C)C)c3)nc2C#N)cc1. The fourth-order valence-electron chi connectivity index (χ4n) is 2.77. The van der Waals surface area contributed by atoms with Crippen molar-refractivity contribution in [3.05, 3.63) is 53.7 Å². The van der Waals surface area contributed by atoms with Crippen LogP contribution in [0.1, 0.15) is 11.3 Å². The van der Waals surface area contributed by atoms with Crippen molar-refractivity contribution in [2.45, 2.75) is 11.4 Å². The Morgan fingerprint density at radius 1 is 1.13 bits per heavy atom. The highest BCUT2D eigenvalue weighted by atomic mass is 32.2. The van der Waals surface area contributed by atoms with Crippen molar-refractivity contribution < 1.29 is 22.3 Å². The first-order valence-electron chi connectivity index (χ1n) is 9.18. The molecule has 0 bridgehead atoms. The van der Waals surface area contributed by atoms with Gasteiger partial charge in [0.1, 0.15) is 22.5 Å². The Morgan fingerprint density at radius 2 is 1.84 bits per heavy atom. The van der Waals surface area contributed by atoms with E-state index >= 15 is 0 Å². The van der Waals surface area contributed by atoms with Crippen molar-refractivity contribution in [1.82, 2.24) is 9.29 Å². The highest BCUT2D eigenvalue weighted by molar-refractivity contribution is 7.89. The number of benzene rings is 2. The van der Waals surface area contributed by atoms with Crippen LogP contribution in [0.5, 0.6) is 11.5 Å². The van der Waals surface area contributed by atoms with E-state index in [1.807, 2.05) is 30.3 Å². The van der Waals surface area contributed by atoms with E-state index in [2.05, 4.69) is 10.3 Å². The number of methoxy groups -OCH3 is 2. The molecule has 0 amide bonds. The molecule has 31 heavy (non-hydrogen) atoms. The molecule has 1 heterocycles. The lowest BCUT2D eigenvalue weighted by molar-refractivity contribution is 0.400. The zero-order chi connectivity index (χ0) is 22.6. The molecule has 0 spiro atoms. The van der Waals surface area contributed by atoms with Crippen molar-refractivity contribution >= 4 is 15.9 Å². The summed E-state index contributed by atoms with van der Waals surface area (Å²) in [5.74, 6) is 1.25. The molecule has 2 aromatic carbocycles. The van der Waals surface area contributed by atoms with Crippen LogP contribution in [0, 0.1) is 11.3 Å². The van der Waals surface area contributed by atoms with Crippen molar-refractivity contribution in [3.63, 3.8) is 0 Å². The molecule has 9 nitrogen and oxygen atoms in total. The smallest absolute Gasteiger partial charge is 0.246 e. The molecule has 3 rings (SSSR count). The Balaban J connectivity index is 1.92. The minimum atomic E-state index is -3.76. The summed E-state index contributed by atoms with van der Waals surface area (Å²) < 4.78 is 42.5. The van der Waals surface area contributed by atoms with Gasteiger partial charge in [0, 0.05) is 26.2 Å². The van der Waals surface area contributed by atoms with Crippen LogP contribution >= 0.6 is 0 Å². The third-order valence-corrected chi connectivity index (χ3v) is 6.35. The molecule has 0 saturated carbocycles. The molecule has 1 aromatic heterocycles. The lowest BCUT2D eigenvalue weighted by Gasteiger charge is -2.15. The number of sulfonamides is 1. The minimum absolute atomic E-state index is 0.0260. The van der Waals surface area contributed by atoms with Crippen LogP contribution in [0.15, 0.2) is 51.8 Å². The van der Waals surface area contributed by atoms with Gasteiger partial charge in [-0.1, -0.05) is 12.1 Å². The van der Waals surface area contributed by atoms with E-state index in [9.17, 15) is 13.7 Å². The summed E-state index contributed by atoms with van der Waals surface area (Å²) in [4.78, 5) is 4.18. The second-order valence-electron chi connectivity index (χ2n) is 6.66. The van der Waals surface area contributed by atoms with Crippen molar-refractivity contribution in [2.75, 3.05) is 33.6 Å². The number of nitrogens with zero attached hydrogens (tertiary/aromatic N) is 3. The first-order valence-corrected chi connectivity index (χ1v) is 10.6. The van der Waals surface area contributed by atoms with Gasteiger partial charge in [0.05, 0.1) is 14.2 Å². The first kappa shape index (κ1) is 22.1. The standard InChI is InChI=1S/C21H22N4O5S/c1-25(2)31(26,27)19-11-15(7-10-18(19)29-4)20-24-17(12-22)21(30-20)23-13-14-5-8-16(28-3)9-6-14/h5-11,23H,13H2,1-4H3. The number of aromatic nitrogens is 1. The third kappa shape index (κ3) is 4.63. The van der Waals surface area contributed by atoms with Crippen molar-refractivity contribution in [1.29, 1.82) is 5.26 Å². The topological polar surface area (TPSA) is 118 Å². The van der Waals surface area contributed by atoms with Gasteiger partial charge in [-0.25, -0.2) is 12.7 Å². The molecule has 0 unspecified atom stereocenters. The van der Waals surface area contributed by atoms with Crippen LogP contribution in [0.2, 0.25) is 0 Å². The molecule has 0 saturated heterocycles. The van der Waals surface area contributed by atoms with E-state index in [1.54, 1.807) is 13.2 Å². The largest absolute Gasteiger partial charge is 0.497 e. The number of nitriles is 1. The van der Waals surface area contributed by atoms with Crippen LogP contribution in [0.25, 0.3) is 11.5 Å². The van der Waals surface area contributed by atoms with Gasteiger partial charge in [-0.05, 0) is 35.9 Å². The number of nitrogens with one attached hydrogen (secondary N) is 1. The Morgan fingerprint density at radius 3 is 2.42 bits per heavy atom. The third-order valence-electron chi connectivity index (χ3n) is 4.51. The van der Waals surface area contributed by atoms with E-state index in [-0.39, 0.29) is 28.1 Å². The van der Waals surface area contributed by atoms with Gasteiger partial charge in [0.2, 0.25) is 27.5 Å². The van der Waals surface area contributed by atoms with Crippen LogP contribution < -0.4 is 14.8 Å². The summed E-state index contributed by atoms with van der Waals surface area (Å²) in [5, 5.41) is 12.5. The number of ether oxygens (including phenoxy) is 2. The summed E-state index contributed by atoms with van der Waals surface area (Å²) in [5.41, 5.74) is 1.41. The predicted octanol–water partition coefficient (Wildman–Crippen LogP) is 3.09. The molecule has 0 fully saturated rings. The second kappa shape index (κ2) is 9.07. The second-order valence-corrected chi connectivity index (χ2v) is 8.78. The fraction of sp³-hybridized carbons (Fsp3) is 0.238. The van der Waals surface area contributed by atoms with Gasteiger partial charge < -0.3 is 19.2 Å². The van der Waals surface area contributed by atoms with Crippen LogP contribution in [-0.4, -0.2) is 46.0 Å². The predicted molar refractivity (Wildman–Crippen MR) is 114 cm³/mol. The first-order chi connectivity index (χ1) is 14.8. The van der Waals surface area contributed by atoms with Gasteiger partial charge in [-0.15, -0.1) is 0 Å². The molecular formula is C21H22N4O5S. The molecule has 0 aliphatic carbocycles. The Bertz CT molecular complexity index is 1210. The van der Waals surface area contributed by atoms with Gasteiger partial charge in [-0.3, -0.25) is 0 Å². The summed E-state index contributed by atoms with van der Waals surface area (Å²) in [7, 11) is 2.09. The molecular weight excluding hydrogens is 420 g/mol. The maximum Gasteiger partial charge on any atom is 0.246 e. The molecule has 0 aliphatic rings. The molecule has 162 valence electrons. The molecule has 0 aliphatic heterocycles. The summed E-state index contributed by atoms with van der Waals surface area (Å²) in [6.07, 6.45) is 0. The number of anilines is 1. The molecule has 0 radical (unpaired) electrons. The molecule has 1 N–H and O–H groups in total. The van der Waals surface area contributed by atoms with Gasteiger partial charge in [0.15, 0.2) is 0 Å². The summed E-state index contributed by atoms with van der Waals surface area (Å²) in [6.45, 7) is 0.399. The van der Waals surface area contributed by atoms with Crippen molar-refractivity contribution in [2.24, 2.45) is 0 Å². The maximum atomic E-state index is 12.6.